The zero-order valence-corrected chi connectivity index (χ0v) is 15.3. The van der Waals surface area contributed by atoms with E-state index in [2.05, 4.69) is 5.10 Å². The number of amides is 1. The van der Waals surface area contributed by atoms with Crippen LogP contribution in [0.1, 0.15) is 16.7 Å². The molecule has 0 radical (unpaired) electrons. The lowest BCUT2D eigenvalue weighted by molar-refractivity contribution is -0.128. The summed E-state index contributed by atoms with van der Waals surface area (Å²) in [6.45, 7) is -0.0495. The van der Waals surface area contributed by atoms with Gasteiger partial charge in [0.05, 0.1) is 25.1 Å². The number of benzene rings is 2. The quantitative estimate of drug-likeness (QED) is 0.423. The molecule has 0 heterocycles. The summed E-state index contributed by atoms with van der Waals surface area (Å²) in [6.07, 6.45) is 2.68. The van der Waals surface area contributed by atoms with Crippen molar-refractivity contribution in [2.45, 2.75) is 19.0 Å². The van der Waals surface area contributed by atoms with Gasteiger partial charge in [-0.05, 0) is 23.1 Å². The monoisotopic (exact) mass is 374 g/mol. The Morgan fingerprint density at radius 1 is 1.15 bits per heavy atom. The van der Waals surface area contributed by atoms with Gasteiger partial charge >= 0.3 is 0 Å². The second-order valence-corrected chi connectivity index (χ2v) is 7.83. The van der Waals surface area contributed by atoms with Crippen LogP contribution in [-0.4, -0.2) is 37.1 Å². The van der Waals surface area contributed by atoms with Gasteiger partial charge in [-0.2, -0.15) is 5.10 Å². The van der Waals surface area contributed by atoms with Crippen LogP contribution in [0.25, 0.3) is 0 Å². The highest BCUT2D eigenvalue weighted by molar-refractivity contribution is 7.88. The van der Waals surface area contributed by atoms with Crippen LogP contribution in [0.15, 0.2) is 59.7 Å². The maximum atomic E-state index is 12.7. The maximum absolute atomic E-state index is 12.7. The number of nitrogens with zero attached hydrogens (tertiary/aromatic N) is 2. The molecule has 4 N–H and O–H groups in total. The number of hydrogen-bond donors (Lipinski definition) is 2. The van der Waals surface area contributed by atoms with E-state index in [1.807, 2.05) is 18.2 Å². The predicted molar refractivity (Wildman–Crippen MR) is 102 cm³/mol. The van der Waals surface area contributed by atoms with E-state index in [0.717, 1.165) is 21.7 Å². The minimum Gasteiger partial charge on any atom is -0.323 e. The molecule has 0 spiro atoms. The van der Waals surface area contributed by atoms with Gasteiger partial charge in [0.1, 0.15) is 0 Å². The molecule has 1 amide bonds. The number of rotatable bonds is 7. The first-order chi connectivity index (χ1) is 12.3. The van der Waals surface area contributed by atoms with Crippen molar-refractivity contribution >= 4 is 22.1 Å². The van der Waals surface area contributed by atoms with Crippen molar-refractivity contribution in [3.05, 3.63) is 71.3 Å². The number of nitrogens with two attached hydrogens (primary N) is 2. The van der Waals surface area contributed by atoms with Crippen LogP contribution >= 0.6 is 0 Å². The van der Waals surface area contributed by atoms with Gasteiger partial charge in [-0.25, -0.2) is 12.7 Å². The molecule has 0 aliphatic carbocycles. The fraction of sp³-hybridized carbons (Fsp3) is 0.222. The topological polar surface area (TPSA) is 119 Å². The third kappa shape index (κ3) is 5.40. The lowest BCUT2D eigenvalue weighted by atomic mass is 10.0. The fourth-order valence-electron chi connectivity index (χ4n) is 2.52. The molecule has 2 aromatic carbocycles. The summed E-state index contributed by atoms with van der Waals surface area (Å²) in [5, 5.41) is 3.46. The maximum Gasteiger partial charge on any atom is 0.253 e. The molecule has 26 heavy (non-hydrogen) atoms. The van der Waals surface area contributed by atoms with Crippen LogP contribution in [0.5, 0.6) is 0 Å². The van der Waals surface area contributed by atoms with Crippen LogP contribution < -0.4 is 11.6 Å². The van der Waals surface area contributed by atoms with Crippen LogP contribution in [-0.2, 0) is 27.8 Å². The second-order valence-electron chi connectivity index (χ2n) is 5.93. The van der Waals surface area contributed by atoms with Gasteiger partial charge in [-0.3, -0.25) is 4.79 Å². The summed E-state index contributed by atoms with van der Waals surface area (Å²) in [6, 6.07) is 15.1. The molecule has 8 heteroatoms. The molecule has 0 aromatic heterocycles. The van der Waals surface area contributed by atoms with Crippen molar-refractivity contribution in [2.24, 2.45) is 16.7 Å². The van der Waals surface area contributed by atoms with E-state index in [0.29, 0.717) is 5.56 Å². The molecule has 0 aliphatic rings. The predicted octanol–water partition coefficient (Wildman–Crippen LogP) is 0.837. The number of carbonyl (C=O) groups is 1. The fourth-order valence-corrected chi connectivity index (χ4v) is 3.37. The van der Waals surface area contributed by atoms with E-state index in [4.69, 9.17) is 11.6 Å². The van der Waals surface area contributed by atoms with E-state index < -0.39 is 22.0 Å². The van der Waals surface area contributed by atoms with E-state index in [1.165, 1.54) is 6.21 Å². The van der Waals surface area contributed by atoms with Crippen LogP contribution in [0.2, 0.25) is 0 Å². The van der Waals surface area contributed by atoms with Crippen LogP contribution in [0.4, 0.5) is 0 Å². The Bertz CT molecular complexity index is 882. The average molecular weight is 374 g/mol. The van der Waals surface area contributed by atoms with E-state index in [9.17, 15) is 13.2 Å². The summed E-state index contributed by atoms with van der Waals surface area (Å²) in [5.41, 5.74) is 8.28. The van der Waals surface area contributed by atoms with Gasteiger partial charge in [0.2, 0.25) is 10.0 Å². The molecule has 0 aliphatic heterocycles. The van der Waals surface area contributed by atoms with Crippen molar-refractivity contribution < 1.29 is 13.2 Å². The first kappa shape index (κ1) is 19.6. The zero-order chi connectivity index (χ0) is 19.2. The Hall–Kier alpha value is -2.71. The Morgan fingerprint density at radius 2 is 1.81 bits per heavy atom. The first-order valence-electron chi connectivity index (χ1n) is 7.94. The Morgan fingerprint density at radius 3 is 2.42 bits per heavy atom. The Kier molecular flexibility index (Phi) is 6.48. The lowest BCUT2D eigenvalue weighted by Crippen LogP contribution is -2.46. The van der Waals surface area contributed by atoms with E-state index >= 15 is 0 Å². The number of sulfonamides is 1. The smallest absolute Gasteiger partial charge is 0.253 e. The van der Waals surface area contributed by atoms with E-state index in [-0.39, 0.29) is 13.0 Å². The van der Waals surface area contributed by atoms with Crippen molar-refractivity contribution in [3.63, 3.8) is 0 Å². The van der Waals surface area contributed by atoms with Crippen molar-refractivity contribution in [3.8, 4) is 0 Å². The highest BCUT2D eigenvalue weighted by Gasteiger charge is 2.28. The SMILES string of the molecule is CS(=O)(=O)N(Cc1ccccc1)C(=O)[C@@H](N)Cc1cccc(C=NN)c1. The highest BCUT2D eigenvalue weighted by Crippen LogP contribution is 2.13. The molecule has 2 rings (SSSR count). The Labute approximate surface area is 153 Å². The molecule has 7 nitrogen and oxygen atoms in total. The van der Waals surface area contributed by atoms with Crippen LogP contribution in [0, 0.1) is 0 Å². The zero-order valence-electron chi connectivity index (χ0n) is 14.4. The van der Waals surface area contributed by atoms with Gasteiger partial charge in [-0.1, -0.05) is 54.6 Å². The lowest BCUT2D eigenvalue weighted by Gasteiger charge is -2.24. The molecule has 0 saturated carbocycles. The van der Waals surface area contributed by atoms with E-state index in [1.54, 1.807) is 36.4 Å². The summed E-state index contributed by atoms with van der Waals surface area (Å²) in [5.74, 6) is 4.49. The summed E-state index contributed by atoms with van der Waals surface area (Å²) < 4.78 is 25.0. The molecule has 1 atom stereocenters. The molecule has 0 fully saturated rings. The standard InChI is InChI=1S/C18H22N4O3S/c1-26(24,25)22(13-14-6-3-2-4-7-14)18(23)17(19)11-15-8-5-9-16(10-15)12-21-20/h2-10,12,17H,11,13,19-20H2,1H3/t17-/m0/s1. The number of carbonyl (C=O) groups excluding carboxylic acids is 1. The second kappa shape index (κ2) is 8.59. The summed E-state index contributed by atoms with van der Waals surface area (Å²) in [4.78, 5) is 12.7. The minimum atomic E-state index is -3.75. The van der Waals surface area contributed by atoms with Gasteiger partial charge in [-0.15, -0.1) is 0 Å². The highest BCUT2D eigenvalue weighted by atomic mass is 32.2. The molecular weight excluding hydrogens is 352 g/mol. The molecule has 0 saturated heterocycles. The summed E-state index contributed by atoms with van der Waals surface area (Å²) in [7, 11) is -3.75. The number of hydrogen-bond acceptors (Lipinski definition) is 6. The number of hydrazone groups is 1. The van der Waals surface area contributed by atoms with Gasteiger partial charge in [0.15, 0.2) is 0 Å². The normalized spacial score (nSPS) is 12.8. The molecule has 0 bridgehead atoms. The third-order valence-electron chi connectivity index (χ3n) is 3.76. The van der Waals surface area contributed by atoms with Gasteiger partial charge in [0.25, 0.3) is 5.91 Å². The van der Waals surface area contributed by atoms with Gasteiger partial charge in [0, 0.05) is 0 Å². The largest absolute Gasteiger partial charge is 0.323 e. The third-order valence-corrected chi connectivity index (χ3v) is 4.87. The van der Waals surface area contributed by atoms with Crippen molar-refractivity contribution in [1.29, 1.82) is 0 Å². The molecule has 0 unspecified atom stereocenters. The van der Waals surface area contributed by atoms with Crippen LogP contribution in [0.3, 0.4) is 0 Å². The molecule has 138 valence electrons. The summed E-state index contributed by atoms with van der Waals surface area (Å²) >= 11 is 0. The Balaban J connectivity index is 2.18. The molecular formula is C18H22N4O3S. The average Bonchev–Trinajstić information content (AvgIpc) is 2.59. The van der Waals surface area contributed by atoms with Crippen molar-refractivity contribution in [1.82, 2.24) is 4.31 Å². The van der Waals surface area contributed by atoms with Crippen molar-refractivity contribution in [2.75, 3.05) is 6.26 Å². The minimum absolute atomic E-state index is 0.0495. The van der Waals surface area contributed by atoms with Gasteiger partial charge < -0.3 is 11.6 Å². The molecule has 2 aromatic rings. The first-order valence-corrected chi connectivity index (χ1v) is 9.79.